The van der Waals surface area contributed by atoms with Gasteiger partial charge in [-0.05, 0) is 12.8 Å². The highest BCUT2D eigenvalue weighted by Crippen LogP contribution is 2.22. The van der Waals surface area contributed by atoms with Crippen molar-refractivity contribution in [2.75, 3.05) is 5.75 Å². The van der Waals surface area contributed by atoms with Crippen molar-refractivity contribution in [3.05, 3.63) is 5.82 Å². The first-order valence-electron chi connectivity index (χ1n) is 6.26. The van der Waals surface area contributed by atoms with E-state index in [1.54, 1.807) is 0 Å². The number of carbonyl (C=O) groups excluding carboxylic acids is 1. The molecule has 17 heavy (non-hydrogen) atoms. The van der Waals surface area contributed by atoms with Crippen LogP contribution in [0.2, 0.25) is 0 Å². The zero-order valence-electron chi connectivity index (χ0n) is 10.5. The lowest BCUT2D eigenvalue weighted by molar-refractivity contribution is -0.119. The lowest BCUT2D eigenvalue weighted by Crippen LogP contribution is -2.10. The summed E-state index contributed by atoms with van der Waals surface area (Å²) in [6, 6.07) is 0. The van der Waals surface area contributed by atoms with Gasteiger partial charge < -0.3 is 4.57 Å². The summed E-state index contributed by atoms with van der Waals surface area (Å²) in [7, 11) is 0. The molecule has 0 saturated carbocycles. The molecule has 0 aromatic carbocycles. The van der Waals surface area contributed by atoms with Gasteiger partial charge in [-0.15, -0.1) is 10.2 Å². The van der Waals surface area contributed by atoms with Crippen LogP contribution in [-0.2, 0) is 17.8 Å². The summed E-state index contributed by atoms with van der Waals surface area (Å²) in [6.07, 6.45) is 4.68. The molecule has 0 spiro atoms. The van der Waals surface area contributed by atoms with Crippen molar-refractivity contribution in [3.8, 4) is 0 Å². The Labute approximate surface area is 106 Å². The Hall–Kier alpha value is -0.840. The standard InChI is InChI=1S/C12H19N3OS/c1-9(2)10(16)8-17-12-14-13-11-6-4-3-5-7-15(11)12/h9H,3-8H2,1-2H3. The maximum absolute atomic E-state index is 11.6. The van der Waals surface area contributed by atoms with Crippen LogP contribution in [0, 0.1) is 5.92 Å². The number of aryl methyl sites for hydroxylation is 1. The van der Waals surface area contributed by atoms with Gasteiger partial charge in [0.15, 0.2) is 5.16 Å². The number of ketones is 1. The Morgan fingerprint density at radius 3 is 2.94 bits per heavy atom. The minimum atomic E-state index is 0.106. The summed E-state index contributed by atoms with van der Waals surface area (Å²) in [4.78, 5) is 11.6. The fourth-order valence-electron chi connectivity index (χ4n) is 1.87. The van der Waals surface area contributed by atoms with E-state index in [0.717, 1.165) is 23.9 Å². The van der Waals surface area contributed by atoms with E-state index in [4.69, 9.17) is 0 Å². The molecule has 1 aromatic rings. The molecule has 4 nitrogen and oxygen atoms in total. The lowest BCUT2D eigenvalue weighted by atomic mass is 10.1. The van der Waals surface area contributed by atoms with E-state index in [1.807, 2.05) is 13.8 Å². The summed E-state index contributed by atoms with van der Waals surface area (Å²) >= 11 is 1.53. The van der Waals surface area contributed by atoms with Gasteiger partial charge in [-0.2, -0.15) is 0 Å². The maximum Gasteiger partial charge on any atom is 0.191 e. The molecule has 0 saturated heterocycles. The molecule has 0 N–H and O–H groups in total. The third kappa shape index (κ3) is 3.09. The van der Waals surface area contributed by atoms with Crippen LogP contribution in [0.4, 0.5) is 0 Å². The Bertz CT molecular complexity index is 400. The van der Waals surface area contributed by atoms with Crippen LogP contribution in [0.5, 0.6) is 0 Å². The number of thioether (sulfide) groups is 1. The van der Waals surface area contributed by atoms with Gasteiger partial charge in [0.1, 0.15) is 11.6 Å². The van der Waals surface area contributed by atoms with Crippen LogP contribution >= 0.6 is 11.8 Å². The SMILES string of the molecule is CC(C)C(=O)CSc1nnc2n1CCCCC2. The molecule has 0 amide bonds. The van der Waals surface area contributed by atoms with Crippen LogP contribution in [0.25, 0.3) is 0 Å². The van der Waals surface area contributed by atoms with Gasteiger partial charge >= 0.3 is 0 Å². The number of rotatable bonds is 4. The fraction of sp³-hybridized carbons (Fsp3) is 0.750. The van der Waals surface area contributed by atoms with Gasteiger partial charge in [-0.1, -0.05) is 32.0 Å². The van der Waals surface area contributed by atoms with E-state index in [-0.39, 0.29) is 11.7 Å². The summed E-state index contributed by atoms with van der Waals surface area (Å²) < 4.78 is 2.19. The number of aromatic nitrogens is 3. The van der Waals surface area contributed by atoms with E-state index in [0.29, 0.717) is 5.75 Å². The van der Waals surface area contributed by atoms with E-state index >= 15 is 0 Å². The number of carbonyl (C=O) groups is 1. The molecule has 1 aliphatic heterocycles. The second-order valence-electron chi connectivity index (χ2n) is 4.77. The van der Waals surface area contributed by atoms with Crippen molar-refractivity contribution in [1.29, 1.82) is 0 Å². The van der Waals surface area contributed by atoms with Crippen LogP contribution in [-0.4, -0.2) is 26.3 Å². The largest absolute Gasteiger partial charge is 0.306 e. The summed E-state index contributed by atoms with van der Waals surface area (Å²) in [5.41, 5.74) is 0. The van der Waals surface area contributed by atoms with Crippen LogP contribution < -0.4 is 0 Å². The molecule has 0 aliphatic carbocycles. The number of Topliss-reactive ketones (excluding diaryl/α,β-unsaturated/α-hetero) is 1. The summed E-state index contributed by atoms with van der Waals surface area (Å²) in [6.45, 7) is 4.88. The van der Waals surface area contributed by atoms with Gasteiger partial charge in [-0.3, -0.25) is 4.79 Å². The molecule has 0 radical (unpaired) electrons. The van der Waals surface area contributed by atoms with Gasteiger partial charge in [0.2, 0.25) is 0 Å². The van der Waals surface area contributed by atoms with Crippen LogP contribution in [0.3, 0.4) is 0 Å². The highest BCUT2D eigenvalue weighted by atomic mass is 32.2. The highest BCUT2D eigenvalue weighted by Gasteiger charge is 2.16. The topological polar surface area (TPSA) is 47.8 Å². The minimum Gasteiger partial charge on any atom is -0.306 e. The average Bonchev–Trinajstić information content (AvgIpc) is 2.54. The monoisotopic (exact) mass is 253 g/mol. The van der Waals surface area contributed by atoms with Crippen molar-refractivity contribution >= 4 is 17.5 Å². The second kappa shape index (κ2) is 5.67. The van der Waals surface area contributed by atoms with Crippen LogP contribution in [0.15, 0.2) is 5.16 Å². The quantitative estimate of drug-likeness (QED) is 0.773. The van der Waals surface area contributed by atoms with Crippen molar-refractivity contribution in [2.45, 2.75) is 51.2 Å². The Balaban J connectivity index is 2.02. The van der Waals surface area contributed by atoms with Crippen molar-refractivity contribution in [1.82, 2.24) is 14.8 Å². The zero-order chi connectivity index (χ0) is 12.3. The first-order chi connectivity index (χ1) is 8.18. The van der Waals surface area contributed by atoms with Crippen molar-refractivity contribution < 1.29 is 4.79 Å². The lowest BCUT2D eigenvalue weighted by Gasteiger charge is -2.06. The molecule has 2 rings (SSSR count). The van der Waals surface area contributed by atoms with Gasteiger partial charge in [0, 0.05) is 18.9 Å². The van der Waals surface area contributed by atoms with Gasteiger partial charge in [0.05, 0.1) is 5.75 Å². The molecule has 0 fully saturated rings. The molecular weight excluding hydrogens is 234 g/mol. The number of fused-ring (bicyclic) bond motifs is 1. The predicted octanol–water partition coefficient (Wildman–Crippen LogP) is 2.32. The molecule has 0 unspecified atom stereocenters. The first-order valence-corrected chi connectivity index (χ1v) is 7.24. The zero-order valence-corrected chi connectivity index (χ0v) is 11.3. The molecule has 0 bridgehead atoms. The van der Waals surface area contributed by atoms with E-state index in [2.05, 4.69) is 14.8 Å². The van der Waals surface area contributed by atoms with Crippen molar-refractivity contribution in [2.24, 2.45) is 5.92 Å². The van der Waals surface area contributed by atoms with Crippen molar-refractivity contribution in [3.63, 3.8) is 0 Å². The summed E-state index contributed by atoms with van der Waals surface area (Å²) in [5.74, 6) is 1.98. The minimum absolute atomic E-state index is 0.106. The molecule has 94 valence electrons. The summed E-state index contributed by atoms with van der Waals surface area (Å²) in [5, 5.41) is 9.33. The smallest absolute Gasteiger partial charge is 0.191 e. The highest BCUT2D eigenvalue weighted by molar-refractivity contribution is 7.99. The average molecular weight is 253 g/mol. The molecule has 5 heteroatoms. The number of hydrogen-bond donors (Lipinski definition) is 0. The number of nitrogens with zero attached hydrogens (tertiary/aromatic N) is 3. The maximum atomic E-state index is 11.6. The van der Waals surface area contributed by atoms with E-state index in [9.17, 15) is 4.79 Å². The molecule has 1 aromatic heterocycles. The molecular formula is C12H19N3OS. The Morgan fingerprint density at radius 2 is 2.18 bits per heavy atom. The number of hydrogen-bond acceptors (Lipinski definition) is 4. The molecule has 1 aliphatic rings. The third-order valence-electron chi connectivity index (χ3n) is 3.06. The Kier molecular flexibility index (Phi) is 4.20. The van der Waals surface area contributed by atoms with Gasteiger partial charge in [0.25, 0.3) is 0 Å². The Morgan fingerprint density at radius 1 is 1.35 bits per heavy atom. The van der Waals surface area contributed by atoms with E-state index < -0.39 is 0 Å². The second-order valence-corrected chi connectivity index (χ2v) is 5.71. The van der Waals surface area contributed by atoms with Gasteiger partial charge in [-0.25, -0.2) is 0 Å². The fourth-order valence-corrected chi connectivity index (χ4v) is 2.92. The normalized spacial score (nSPS) is 15.7. The first kappa shape index (κ1) is 12.6. The predicted molar refractivity (Wildman–Crippen MR) is 68.1 cm³/mol. The van der Waals surface area contributed by atoms with E-state index in [1.165, 1.54) is 31.0 Å². The third-order valence-corrected chi connectivity index (χ3v) is 4.05. The molecule has 0 atom stereocenters. The van der Waals surface area contributed by atoms with Crippen LogP contribution in [0.1, 0.15) is 38.9 Å². The molecule has 2 heterocycles.